The number of allylic oxidation sites excluding steroid dienone is 1. The molecule has 5 unspecified atom stereocenters. The summed E-state index contributed by atoms with van der Waals surface area (Å²) < 4.78 is 0. The molecule has 0 heterocycles. The van der Waals surface area contributed by atoms with Crippen molar-refractivity contribution in [2.45, 2.75) is 45.4 Å². The molecule has 2 bridgehead atoms. The van der Waals surface area contributed by atoms with Crippen molar-refractivity contribution in [3.63, 3.8) is 0 Å². The number of hydrogen-bond donors (Lipinski definition) is 0. The summed E-state index contributed by atoms with van der Waals surface area (Å²) in [6, 6.07) is 0. The second-order valence-corrected chi connectivity index (χ2v) is 6.57. The van der Waals surface area contributed by atoms with Crippen LogP contribution in [0.3, 0.4) is 0 Å². The van der Waals surface area contributed by atoms with Gasteiger partial charge in [-0.05, 0) is 60.8 Å². The highest BCUT2D eigenvalue weighted by molar-refractivity contribution is 5.89. The van der Waals surface area contributed by atoms with Gasteiger partial charge in [0.15, 0.2) is 5.78 Å². The SMILES string of the molecule is C=CC(=O)CC1(C)CC2CC1C1CCCC21. The molecule has 1 heteroatoms. The molecule has 3 saturated carbocycles. The van der Waals surface area contributed by atoms with Crippen molar-refractivity contribution in [3.8, 4) is 0 Å². The fourth-order valence-corrected chi connectivity index (χ4v) is 5.24. The van der Waals surface area contributed by atoms with Gasteiger partial charge in [0.05, 0.1) is 0 Å². The van der Waals surface area contributed by atoms with Crippen LogP contribution in [0.1, 0.15) is 45.4 Å². The van der Waals surface area contributed by atoms with Gasteiger partial charge in [-0.15, -0.1) is 0 Å². The van der Waals surface area contributed by atoms with Crippen LogP contribution in [0, 0.1) is 29.1 Å². The van der Waals surface area contributed by atoms with Crippen LogP contribution >= 0.6 is 0 Å². The van der Waals surface area contributed by atoms with E-state index in [4.69, 9.17) is 0 Å². The molecule has 0 aliphatic heterocycles. The molecule has 0 saturated heterocycles. The molecule has 0 amide bonds. The second kappa shape index (κ2) is 3.45. The minimum atomic E-state index is 0.254. The van der Waals surface area contributed by atoms with E-state index in [1.165, 1.54) is 38.2 Å². The zero-order chi connectivity index (χ0) is 11.3. The lowest BCUT2D eigenvalue weighted by Crippen LogP contribution is -2.34. The van der Waals surface area contributed by atoms with E-state index in [1.54, 1.807) is 0 Å². The summed E-state index contributed by atoms with van der Waals surface area (Å²) in [5.41, 5.74) is 0.307. The highest BCUT2D eigenvalue weighted by Crippen LogP contribution is 2.66. The van der Waals surface area contributed by atoms with Crippen molar-refractivity contribution in [1.29, 1.82) is 0 Å². The van der Waals surface area contributed by atoms with Gasteiger partial charge in [-0.2, -0.15) is 0 Å². The zero-order valence-electron chi connectivity index (χ0n) is 10.2. The van der Waals surface area contributed by atoms with E-state index >= 15 is 0 Å². The topological polar surface area (TPSA) is 17.1 Å². The lowest BCUT2D eigenvalue weighted by atomic mass is 9.65. The summed E-state index contributed by atoms with van der Waals surface area (Å²) in [5.74, 6) is 4.02. The van der Waals surface area contributed by atoms with E-state index in [2.05, 4.69) is 13.5 Å². The molecular weight excluding hydrogens is 196 g/mol. The molecule has 3 fully saturated rings. The second-order valence-electron chi connectivity index (χ2n) is 6.57. The Kier molecular flexibility index (Phi) is 2.28. The van der Waals surface area contributed by atoms with Crippen LogP contribution < -0.4 is 0 Å². The predicted molar refractivity (Wildman–Crippen MR) is 65.0 cm³/mol. The van der Waals surface area contributed by atoms with Crippen LogP contribution in [0.5, 0.6) is 0 Å². The third-order valence-electron chi connectivity index (χ3n) is 5.73. The highest BCUT2D eigenvalue weighted by Gasteiger charge is 2.58. The maximum atomic E-state index is 11.6. The summed E-state index contributed by atoms with van der Waals surface area (Å²) in [4.78, 5) is 11.6. The van der Waals surface area contributed by atoms with Crippen molar-refractivity contribution in [3.05, 3.63) is 12.7 Å². The van der Waals surface area contributed by atoms with Gasteiger partial charge in [0.1, 0.15) is 0 Å². The average molecular weight is 218 g/mol. The van der Waals surface area contributed by atoms with E-state index in [1.807, 2.05) is 0 Å². The Morgan fingerprint density at radius 3 is 2.94 bits per heavy atom. The number of carbonyl (C=O) groups excluding carboxylic acids is 1. The van der Waals surface area contributed by atoms with E-state index in [9.17, 15) is 4.79 Å². The minimum Gasteiger partial charge on any atom is -0.295 e. The Labute approximate surface area is 98.3 Å². The molecular formula is C15H22O. The third-order valence-corrected chi connectivity index (χ3v) is 5.73. The van der Waals surface area contributed by atoms with Gasteiger partial charge in [0.25, 0.3) is 0 Å². The van der Waals surface area contributed by atoms with Crippen LogP contribution in [-0.2, 0) is 4.79 Å². The van der Waals surface area contributed by atoms with Crippen LogP contribution in [-0.4, -0.2) is 5.78 Å². The quantitative estimate of drug-likeness (QED) is 0.662. The minimum absolute atomic E-state index is 0.254. The molecule has 0 radical (unpaired) electrons. The molecule has 16 heavy (non-hydrogen) atoms. The van der Waals surface area contributed by atoms with E-state index in [-0.39, 0.29) is 5.78 Å². The first-order chi connectivity index (χ1) is 7.64. The Hall–Kier alpha value is -0.590. The van der Waals surface area contributed by atoms with Crippen molar-refractivity contribution >= 4 is 5.78 Å². The molecule has 1 nitrogen and oxygen atoms in total. The normalized spacial score (nSPS) is 49.3. The summed E-state index contributed by atoms with van der Waals surface area (Å²) >= 11 is 0. The first kappa shape index (κ1) is 10.6. The fourth-order valence-electron chi connectivity index (χ4n) is 5.24. The molecule has 0 spiro atoms. The Morgan fingerprint density at radius 2 is 2.19 bits per heavy atom. The van der Waals surface area contributed by atoms with Crippen molar-refractivity contribution in [2.24, 2.45) is 29.1 Å². The molecule has 3 aliphatic carbocycles. The third kappa shape index (κ3) is 1.33. The van der Waals surface area contributed by atoms with Gasteiger partial charge in [0, 0.05) is 6.42 Å². The Balaban J connectivity index is 1.80. The van der Waals surface area contributed by atoms with Gasteiger partial charge in [0.2, 0.25) is 0 Å². The maximum absolute atomic E-state index is 11.6. The molecule has 0 aromatic heterocycles. The smallest absolute Gasteiger partial charge is 0.155 e. The molecule has 0 N–H and O–H groups in total. The summed E-state index contributed by atoms with van der Waals surface area (Å²) in [6.07, 6.45) is 9.33. The average Bonchev–Trinajstić information content (AvgIpc) is 2.86. The van der Waals surface area contributed by atoms with Crippen LogP contribution in [0.25, 0.3) is 0 Å². The molecule has 5 atom stereocenters. The summed E-state index contributed by atoms with van der Waals surface area (Å²) in [5, 5.41) is 0. The number of ketones is 1. The number of hydrogen-bond acceptors (Lipinski definition) is 1. The van der Waals surface area contributed by atoms with E-state index in [0.717, 1.165) is 30.1 Å². The van der Waals surface area contributed by atoms with Gasteiger partial charge >= 0.3 is 0 Å². The number of fused-ring (bicyclic) bond motifs is 5. The van der Waals surface area contributed by atoms with Gasteiger partial charge < -0.3 is 0 Å². The monoisotopic (exact) mass is 218 g/mol. The lowest BCUT2D eigenvalue weighted by molar-refractivity contribution is -0.117. The van der Waals surface area contributed by atoms with Crippen LogP contribution in [0.2, 0.25) is 0 Å². The summed E-state index contributed by atoms with van der Waals surface area (Å²) in [7, 11) is 0. The standard InChI is InChI=1S/C15H22O/c1-3-11(16)9-15(2)8-10-7-14(15)13-6-4-5-12(10)13/h3,10,12-14H,1,4-9H2,2H3. The van der Waals surface area contributed by atoms with E-state index in [0.29, 0.717) is 5.41 Å². The molecule has 88 valence electrons. The van der Waals surface area contributed by atoms with Gasteiger partial charge in [-0.25, -0.2) is 0 Å². The van der Waals surface area contributed by atoms with Crippen LogP contribution in [0.4, 0.5) is 0 Å². The maximum Gasteiger partial charge on any atom is 0.155 e. The Morgan fingerprint density at radius 1 is 1.44 bits per heavy atom. The number of rotatable bonds is 3. The fraction of sp³-hybridized carbons (Fsp3) is 0.800. The lowest BCUT2D eigenvalue weighted by Gasteiger charge is -2.40. The first-order valence-electron chi connectivity index (χ1n) is 6.79. The first-order valence-corrected chi connectivity index (χ1v) is 6.79. The molecule has 3 rings (SSSR count). The summed E-state index contributed by atoms with van der Waals surface area (Å²) in [6.45, 7) is 5.97. The molecule has 3 aliphatic rings. The molecule has 0 aromatic rings. The van der Waals surface area contributed by atoms with Gasteiger partial charge in [-0.3, -0.25) is 4.79 Å². The van der Waals surface area contributed by atoms with Crippen molar-refractivity contribution in [1.82, 2.24) is 0 Å². The van der Waals surface area contributed by atoms with Crippen molar-refractivity contribution < 1.29 is 4.79 Å². The van der Waals surface area contributed by atoms with Gasteiger partial charge in [-0.1, -0.05) is 19.9 Å². The van der Waals surface area contributed by atoms with Crippen LogP contribution in [0.15, 0.2) is 12.7 Å². The van der Waals surface area contributed by atoms with E-state index < -0.39 is 0 Å². The van der Waals surface area contributed by atoms with Crippen molar-refractivity contribution in [2.75, 3.05) is 0 Å². The highest BCUT2D eigenvalue weighted by atomic mass is 16.1. The number of carbonyl (C=O) groups is 1. The largest absolute Gasteiger partial charge is 0.295 e. The zero-order valence-corrected chi connectivity index (χ0v) is 10.2. The predicted octanol–water partition coefficient (Wildman–Crippen LogP) is 3.59. The molecule has 0 aromatic carbocycles. The Bertz CT molecular complexity index is 332.